The molecule has 1 unspecified atom stereocenters. The predicted molar refractivity (Wildman–Crippen MR) is 64.3 cm³/mol. The smallest absolute Gasteiger partial charge is 0.310 e. The number of carbonyl (C=O) groups is 1. The van der Waals surface area contributed by atoms with Crippen LogP contribution < -0.4 is 4.74 Å². The van der Waals surface area contributed by atoms with E-state index in [2.05, 4.69) is 0 Å². The molecule has 17 heavy (non-hydrogen) atoms. The minimum Gasteiger partial charge on any atom is -0.492 e. The summed E-state index contributed by atoms with van der Waals surface area (Å²) in [6, 6.07) is 7.56. The monoisotopic (exact) mass is 238 g/mol. The van der Waals surface area contributed by atoms with Gasteiger partial charge in [0.15, 0.2) is 0 Å². The molecule has 1 aromatic carbocycles. The molecule has 94 valence electrons. The molecule has 1 aromatic rings. The van der Waals surface area contributed by atoms with Crippen LogP contribution in [0.1, 0.15) is 12.0 Å². The first kappa shape index (κ1) is 13.5. The molecule has 4 heteroatoms. The summed E-state index contributed by atoms with van der Waals surface area (Å²) in [5, 5.41) is 9.01. The van der Waals surface area contributed by atoms with E-state index < -0.39 is 11.9 Å². The summed E-state index contributed by atoms with van der Waals surface area (Å²) in [5.41, 5.74) is 1.00. The van der Waals surface area contributed by atoms with Gasteiger partial charge < -0.3 is 14.6 Å². The van der Waals surface area contributed by atoms with E-state index in [9.17, 15) is 4.79 Å². The van der Waals surface area contributed by atoms with E-state index in [1.165, 1.54) is 0 Å². The first-order chi connectivity index (χ1) is 8.15. The van der Waals surface area contributed by atoms with Crippen LogP contribution in [0.5, 0.6) is 5.75 Å². The third-order valence-electron chi connectivity index (χ3n) is 2.55. The maximum atomic E-state index is 11.0. The summed E-state index contributed by atoms with van der Waals surface area (Å²) in [5.74, 6) is -0.652. The molecule has 0 amide bonds. The number of benzene rings is 1. The van der Waals surface area contributed by atoms with E-state index in [4.69, 9.17) is 14.6 Å². The molecule has 0 aliphatic rings. The van der Waals surface area contributed by atoms with Crippen molar-refractivity contribution in [3.63, 3.8) is 0 Å². The Labute approximate surface area is 101 Å². The van der Waals surface area contributed by atoms with Gasteiger partial charge >= 0.3 is 5.97 Å². The summed E-state index contributed by atoms with van der Waals surface area (Å²) in [6.45, 7) is 2.53. The highest BCUT2D eigenvalue weighted by molar-refractivity contribution is 5.70. The lowest BCUT2D eigenvalue weighted by Gasteiger charge is -2.14. The molecule has 1 atom stereocenters. The van der Waals surface area contributed by atoms with Crippen molar-refractivity contribution in [2.24, 2.45) is 5.92 Å². The Morgan fingerprint density at radius 2 is 2.12 bits per heavy atom. The zero-order chi connectivity index (χ0) is 12.7. The van der Waals surface area contributed by atoms with Crippen LogP contribution in [0.15, 0.2) is 24.3 Å². The van der Waals surface area contributed by atoms with Crippen LogP contribution >= 0.6 is 0 Å². The Hall–Kier alpha value is -1.55. The minimum absolute atomic E-state index is 0.170. The lowest BCUT2D eigenvalue weighted by atomic mass is 10.1. The van der Waals surface area contributed by atoms with E-state index in [1.807, 2.05) is 31.2 Å². The van der Waals surface area contributed by atoms with Crippen molar-refractivity contribution in [3.8, 4) is 5.75 Å². The first-order valence-corrected chi connectivity index (χ1v) is 5.55. The zero-order valence-electron chi connectivity index (χ0n) is 10.2. The van der Waals surface area contributed by atoms with Crippen molar-refractivity contribution in [2.75, 3.05) is 20.3 Å². The maximum absolute atomic E-state index is 11.0. The highest BCUT2D eigenvalue weighted by Gasteiger charge is 2.18. The van der Waals surface area contributed by atoms with E-state index in [0.29, 0.717) is 13.0 Å². The highest BCUT2D eigenvalue weighted by atomic mass is 16.5. The molecule has 0 aliphatic heterocycles. The third kappa shape index (κ3) is 4.44. The zero-order valence-corrected chi connectivity index (χ0v) is 10.2. The molecule has 0 aliphatic carbocycles. The largest absolute Gasteiger partial charge is 0.492 e. The second-order valence-corrected chi connectivity index (χ2v) is 3.89. The Morgan fingerprint density at radius 3 is 2.71 bits per heavy atom. The van der Waals surface area contributed by atoms with Gasteiger partial charge in [-0.3, -0.25) is 4.79 Å². The average Bonchev–Trinajstić information content (AvgIpc) is 2.31. The molecule has 1 N–H and O–H groups in total. The van der Waals surface area contributed by atoms with Gasteiger partial charge in [0, 0.05) is 13.7 Å². The maximum Gasteiger partial charge on any atom is 0.310 e. The molecule has 4 nitrogen and oxygen atoms in total. The van der Waals surface area contributed by atoms with Gasteiger partial charge in [0.1, 0.15) is 12.4 Å². The topological polar surface area (TPSA) is 55.8 Å². The molecule has 0 saturated heterocycles. The summed E-state index contributed by atoms with van der Waals surface area (Å²) in [4.78, 5) is 11.0. The average molecular weight is 238 g/mol. The van der Waals surface area contributed by atoms with Crippen LogP contribution in [0.25, 0.3) is 0 Å². The lowest BCUT2D eigenvalue weighted by molar-refractivity contribution is -0.143. The predicted octanol–water partition coefficient (Wildman–Crippen LogP) is 2.11. The minimum atomic E-state index is -0.851. The Morgan fingerprint density at radius 1 is 1.41 bits per heavy atom. The standard InChI is InChI=1S/C13H18O4/c1-10-5-3-4-6-12(10)17-9-11(13(14)15)7-8-16-2/h3-6,11H,7-9H2,1-2H3,(H,14,15). The van der Waals surface area contributed by atoms with Gasteiger partial charge in [-0.25, -0.2) is 0 Å². The quantitative estimate of drug-likeness (QED) is 0.790. The van der Waals surface area contributed by atoms with Crippen molar-refractivity contribution in [2.45, 2.75) is 13.3 Å². The summed E-state index contributed by atoms with van der Waals surface area (Å²) in [6.07, 6.45) is 0.456. The second-order valence-electron chi connectivity index (χ2n) is 3.89. The molecule has 0 radical (unpaired) electrons. The Bertz CT molecular complexity index is 362. The fourth-order valence-electron chi connectivity index (χ4n) is 1.45. The molecule has 0 fully saturated rings. The van der Waals surface area contributed by atoms with E-state index in [-0.39, 0.29) is 6.61 Å². The van der Waals surface area contributed by atoms with Crippen molar-refractivity contribution < 1.29 is 19.4 Å². The van der Waals surface area contributed by atoms with Crippen molar-refractivity contribution >= 4 is 5.97 Å². The fraction of sp³-hybridized carbons (Fsp3) is 0.462. The van der Waals surface area contributed by atoms with Crippen LogP contribution in [-0.4, -0.2) is 31.4 Å². The summed E-state index contributed by atoms with van der Waals surface area (Å²) in [7, 11) is 1.56. The molecular formula is C13H18O4. The molecule has 0 bridgehead atoms. The molecule has 0 aromatic heterocycles. The number of ether oxygens (including phenoxy) is 2. The number of rotatable bonds is 7. The number of methoxy groups -OCH3 is 1. The number of hydrogen-bond donors (Lipinski definition) is 1. The van der Waals surface area contributed by atoms with Gasteiger partial charge in [0.05, 0.1) is 5.92 Å². The molecule has 0 saturated carbocycles. The number of aliphatic carboxylic acids is 1. The molecule has 1 rings (SSSR count). The van der Waals surface area contributed by atoms with E-state index >= 15 is 0 Å². The van der Waals surface area contributed by atoms with Gasteiger partial charge in [0.25, 0.3) is 0 Å². The fourth-order valence-corrected chi connectivity index (χ4v) is 1.45. The van der Waals surface area contributed by atoms with Crippen LogP contribution in [0.2, 0.25) is 0 Å². The van der Waals surface area contributed by atoms with Crippen LogP contribution in [0.4, 0.5) is 0 Å². The summed E-state index contributed by atoms with van der Waals surface area (Å²) >= 11 is 0. The normalized spacial score (nSPS) is 12.1. The lowest BCUT2D eigenvalue weighted by Crippen LogP contribution is -2.23. The third-order valence-corrected chi connectivity index (χ3v) is 2.55. The molecule has 0 heterocycles. The SMILES string of the molecule is COCCC(COc1ccccc1C)C(=O)O. The van der Waals surface area contributed by atoms with E-state index in [1.54, 1.807) is 7.11 Å². The second kappa shape index (κ2) is 6.91. The highest BCUT2D eigenvalue weighted by Crippen LogP contribution is 2.17. The van der Waals surface area contributed by atoms with Crippen LogP contribution in [0.3, 0.4) is 0 Å². The molecule has 0 spiro atoms. The number of carboxylic acid groups (broad SMARTS) is 1. The molecular weight excluding hydrogens is 220 g/mol. The first-order valence-electron chi connectivity index (χ1n) is 5.55. The van der Waals surface area contributed by atoms with Crippen molar-refractivity contribution in [1.82, 2.24) is 0 Å². The van der Waals surface area contributed by atoms with E-state index in [0.717, 1.165) is 11.3 Å². The van der Waals surface area contributed by atoms with Gasteiger partial charge in [-0.15, -0.1) is 0 Å². The van der Waals surface area contributed by atoms with Crippen LogP contribution in [-0.2, 0) is 9.53 Å². The van der Waals surface area contributed by atoms with Gasteiger partial charge in [-0.1, -0.05) is 18.2 Å². The summed E-state index contributed by atoms with van der Waals surface area (Å²) < 4.78 is 10.4. The van der Waals surface area contributed by atoms with Crippen molar-refractivity contribution in [3.05, 3.63) is 29.8 Å². The Balaban J connectivity index is 2.52. The number of para-hydroxylation sites is 1. The number of hydrogen-bond acceptors (Lipinski definition) is 3. The number of aryl methyl sites for hydroxylation is 1. The van der Waals surface area contributed by atoms with Crippen molar-refractivity contribution in [1.29, 1.82) is 0 Å². The number of carboxylic acids is 1. The van der Waals surface area contributed by atoms with Gasteiger partial charge in [-0.05, 0) is 25.0 Å². The van der Waals surface area contributed by atoms with Gasteiger partial charge in [0.2, 0.25) is 0 Å². The van der Waals surface area contributed by atoms with Gasteiger partial charge in [-0.2, -0.15) is 0 Å². The Kier molecular flexibility index (Phi) is 5.49. The van der Waals surface area contributed by atoms with Crippen LogP contribution in [0, 0.1) is 12.8 Å².